The number of nitrogens with one attached hydrogen (secondary N) is 1. The summed E-state index contributed by atoms with van der Waals surface area (Å²) in [6.07, 6.45) is -0.161. The van der Waals surface area contributed by atoms with Crippen LogP contribution in [0.4, 0.5) is 0 Å². The number of carbonyl (C=O) groups excluding carboxylic acids is 2. The van der Waals surface area contributed by atoms with E-state index >= 15 is 0 Å². The number of ether oxygens (including phenoxy) is 3. The van der Waals surface area contributed by atoms with Crippen molar-refractivity contribution in [3.05, 3.63) is 64.1 Å². The number of nitrogens with zero attached hydrogens (tertiary/aromatic N) is 1. The number of Topliss-reactive ketones (excluding diaryl/α,β-unsaturated/α-hetero) is 1. The lowest BCUT2D eigenvalue weighted by Gasteiger charge is -2.06. The van der Waals surface area contributed by atoms with Crippen molar-refractivity contribution in [2.45, 2.75) is 6.42 Å². The summed E-state index contributed by atoms with van der Waals surface area (Å²) in [5.41, 5.74) is 0.408. The molecule has 0 fully saturated rings. The third-order valence-corrected chi connectivity index (χ3v) is 4.15. The maximum absolute atomic E-state index is 12.2. The number of H-pyrrole nitrogens is 1. The Morgan fingerprint density at radius 1 is 1.07 bits per heavy atom. The molecule has 0 bridgehead atoms. The number of hydrogen-bond acceptors (Lipinski definition) is 7. The zero-order valence-electron chi connectivity index (χ0n) is 14.1. The minimum absolute atomic E-state index is 0.113. The number of carbonyl (C=O) groups is 2. The first-order chi connectivity index (χ1) is 13.1. The molecule has 0 atom stereocenters. The van der Waals surface area contributed by atoms with Gasteiger partial charge >= 0.3 is 5.97 Å². The third-order valence-electron chi connectivity index (χ3n) is 4.15. The minimum Gasteiger partial charge on any atom is -0.457 e. The lowest BCUT2D eigenvalue weighted by Crippen LogP contribution is -2.18. The predicted octanol–water partition coefficient (Wildman–Crippen LogP) is 1.62. The van der Waals surface area contributed by atoms with Crippen molar-refractivity contribution >= 4 is 22.5 Å². The van der Waals surface area contributed by atoms with Gasteiger partial charge < -0.3 is 14.2 Å². The average molecular weight is 366 g/mol. The molecule has 0 radical (unpaired) electrons. The molecule has 8 heteroatoms. The Labute approximate surface area is 152 Å². The van der Waals surface area contributed by atoms with E-state index in [-0.39, 0.29) is 24.6 Å². The van der Waals surface area contributed by atoms with Crippen molar-refractivity contribution in [3.8, 4) is 11.5 Å². The molecule has 27 heavy (non-hydrogen) atoms. The Morgan fingerprint density at radius 2 is 1.85 bits per heavy atom. The molecule has 8 nitrogen and oxygen atoms in total. The monoisotopic (exact) mass is 366 g/mol. The molecule has 4 rings (SSSR count). The highest BCUT2D eigenvalue weighted by molar-refractivity contribution is 5.98. The Kier molecular flexibility index (Phi) is 4.29. The van der Waals surface area contributed by atoms with Gasteiger partial charge in [0.2, 0.25) is 6.79 Å². The van der Waals surface area contributed by atoms with Crippen molar-refractivity contribution in [3.63, 3.8) is 0 Å². The van der Waals surface area contributed by atoms with Crippen LogP contribution in [0.3, 0.4) is 0 Å². The van der Waals surface area contributed by atoms with Gasteiger partial charge in [-0.3, -0.25) is 14.4 Å². The first kappa shape index (κ1) is 16.8. The van der Waals surface area contributed by atoms with Crippen LogP contribution in [0.2, 0.25) is 0 Å². The number of aromatic amines is 1. The van der Waals surface area contributed by atoms with Gasteiger partial charge in [-0.25, -0.2) is 5.10 Å². The second-order valence-electron chi connectivity index (χ2n) is 5.87. The molecule has 2 aromatic carbocycles. The highest BCUT2D eigenvalue weighted by Gasteiger charge is 2.18. The summed E-state index contributed by atoms with van der Waals surface area (Å²) in [7, 11) is 0. The second-order valence-corrected chi connectivity index (χ2v) is 5.87. The summed E-state index contributed by atoms with van der Waals surface area (Å²) in [5.74, 6) is 0.0744. The average Bonchev–Trinajstić information content (AvgIpc) is 3.16. The van der Waals surface area contributed by atoms with Gasteiger partial charge in [0.1, 0.15) is 0 Å². The van der Waals surface area contributed by atoms with E-state index in [0.29, 0.717) is 33.5 Å². The zero-order valence-corrected chi connectivity index (χ0v) is 14.1. The Bertz CT molecular complexity index is 1100. The third kappa shape index (κ3) is 3.37. The number of ketones is 1. The summed E-state index contributed by atoms with van der Waals surface area (Å²) in [4.78, 5) is 36.1. The van der Waals surface area contributed by atoms with E-state index in [9.17, 15) is 14.4 Å². The Hall–Kier alpha value is -3.68. The van der Waals surface area contributed by atoms with E-state index in [1.54, 1.807) is 42.5 Å². The highest BCUT2D eigenvalue weighted by Crippen LogP contribution is 2.32. The molecule has 3 aromatic rings. The maximum atomic E-state index is 12.2. The molecule has 1 aliphatic rings. The molecule has 1 N–H and O–H groups in total. The molecule has 2 heterocycles. The molecule has 0 saturated carbocycles. The van der Waals surface area contributed by atoms with Gasteiger partial charge in [-0.05, 0) is 24.3 Å². The molecule has 1 aliphatic heterocycles. The summed E-state index contributed by atoms with van der Waals surface area (Å²) < 4.78 is 15.5. The fraction of sp³-hybridized carbons (Fsp3) is 0.158. The summed E-state index contributed by atoms with van der Waals surface area (Å²) in [6, 6.07) is 11.6. The van der Waals surface area contributed by atoms with Crippen LogP contribution in [0.1, 0.15) is 16.1 Å². The van der Waals surface area contributed by atoms with Gasteiger partial charge in [-0.15, -0.1) is 0 Å². The lowest BCUT2D eigenvalue weighted by atomic mass is 10.1. The number of fused-ring (bicyclic) bond motifs is 2. The molecule has 0 spiro atoms. The first-order valence-corrected chi connectivity index (χ1v) is 8.16. The summed E-state index contributed by atoms with van der Waals surface area (Å²) >= 11 is 0. The summed E-state index contributed by atoms with van der Waals surface area (Å²) in [5, 5.41) is 7.28. The molecule has 1 aromatic heterocycles. The van der Waals surface area contributed by atoms with E-state index < -0.39 is 12.6 Å². The Balaban J connectivity index is 1.42. The number of aromatic nitrogens is 2. The van der Waals surface area contributed by atoms with Crippen LogP contribution < -0.4 is 15.0 Å². The minimum atomic E-state index is -0.617. The molecular weight excluding hydrogens is 352 g/mol. The van der Waals surface area contributed by atoms with Crippen molar-refractivity contribution in [2.75, 3.05) is 13.4 Å². The van der Waals surface area contributed by atoms with Crippen LogP contribution >= 0.6 is 0 Å². The largest absolute Gasteiger partial charge is 0.457 e. The zero-order chi connectivity index (χ0) is 18.8. The van der Waals surface area contributed by atoms with Gasteiger partial charge in [0.15, 0.2) is 23.9 Å². The quantitative estimate of drug-likeness (QED) is 0.540. The van der Waals surface area contributed by atoms with E-state index in [1.807, 2.05) is 0 Å². The summed E-state index contributed by atoms with van der Waals surface area (Å²) in [6.45, 7) is -0.290. The normalized spacial score (nSPS) is 12.1. The fourth-order valence-corrected chi connectivity index (χ4v) is 2.79. The van der Waals surface area contributed by atoms with Gasteiger partial charge in [0.25, 0.3) is 5.56 Å². The number of esters is 1. The van der Waals surface area contributed by atoms with Crippen LogP contribution in [0, 0.1) is 0 Å². The van der Waals surface area contributed by atoms with Crippen LogP contribution in [-0.4, -0.2) is 35.3 Å². The van der Waals surface area contributed by atoms with E-state index in [1.165, 1.54) is 0 Å². The van der Waals surface area contributed by atoms with Crippen LogP contribution in [0.25, 0.3) is 10.8 Å². The van der Waals surface area contributed by atoms with Crippen LogP contribution in [0.15, 0.2) is 47.3 Å². The molecule has 0 aliphatic carbocycles. The van der Waals surface area contributed by atoms with Crippen molar-refractivity contribution < 1.29 is 23.8 Å². The SMILES string of the molecule is O=C(Cc1n[nH]c(=O)c2ccccc12)OCC(=O)c1ccc2c(c1)OCO2. The molecular formula is C19H14N2O6. The van der Waals surface area contributed by atoms with Crippen LogP contribution in [0.5, 0.6) is 11.5 Å². The lowest BCUT2D eigenvalue weighted by molar-refractivity contribution is -0.141. The van der Waals surface area contributed by atoms with E-state index in [4.69, 9.17) is 14.2 Å². The van der Waals surface area contributed by atoms with Crippen molar-refractivity contribution in [1.29, 1.82) is 0 Å². The second kappa shape index (κ2) is 6.91. The molecule has 136 valence electrons. The van der Waals surface area contributed by atoms with Crippen molar-refractivity contribution in [1.82, 2.24) is 10.2 Å². The highest BCUT2D eigenvalue weighted by atomic mass is 16.7. The number of rotatable bonds is 5. The molecule has 0 amide bonds. The fourth-order valence-electron chi connectivity index (χ4n) is 2.79. The maximum Gasteiger partial charge on any atom is 0.312 e. The van der Waals surface area contributed by atoms with Gasteiger partial charge in [0, 0.05) is 10.9 Å². The predicted molar refractivity (Wildman–Crippen MR) is 93.9 cm³/mol. The standard InChI is InChI=1S/C19H14N2O6/c22-15(11-5-6-16-17(7-11)27-10-26-16)9-25-18(23)8-14-12-3-1-2-4-13(12)19(24)21-20-14/h1-7H,8-10H2,(H,21,24). The number of benzene rings is 2. The van der Waals surface area contributed by atoms with Crippen LogP contribution in [-0.2, 0) is 16.0 Å². The topological polar surface area (TPSA) is 108 Å². The molecule has 0 saturated heterocycles. The van der Waals surface area contributed by atoms with Gasteiger partial charge in [-0.2, -0.15) is 5.10 Å². The Morgan fingerprint density at radius 3 is 2.70 bits per heavy atom. The smallest absolute Gasteiger partial charge is 0.312 e. The first-order valence-electron chi connectivity index (χ1n) is 8.16. The van der Waals surface area contributed by atoms with E-state index in [0.717, 1.165) is 0 Å². The van der Waals surface area contributed by atoms with E-state index in [2.05, 4.69) is 10.2 Å². The van der Waals surface area contributed by atoms with Crippen molar-refractivity contribution in [2.24, 2.45) is 0 Å². The van der Waals surface area contributed by atoms with Gasteiger partial charge in [0.05, 0.1) is 17.5 Å². The van der Waals surface area contributed by atoms with Gasteiger partial charge in [-0.1, -0.05) is 18.2 Å². The number of hydrogen-bond donors (Lipinski definition) is 1. The molecule has 0 unspecified atom stereocenters.